The Labute approximate surface area is 158 Å². The van der Waals surface area contributed by atoms with Crippen molar-refractivity contribution in [1.29, 1.82) is 0 Å². The zero-order valence-electron chi connectivity index (χ0n) is 14.4. The third-order valence-electron chi connectivity index (χ3n) is 4.49. The van der Waals surface area contributed by atoms with Crippen LogP contribution in [-0.4, -0.2) is 45.3 Å². The summed E-state index contributed by atoms with van der Waals surface area (Å²) in [5.74, 6) is 1.60. The molecule has 0 atom stereocenters. The van der Waals surface area contributed by atoms with Gasteiger partial charge in [0.2, 0.25) is 0 Å². The van der Waals surface area contributed by atoms with Gasteiger partial charge in [0.1, 0.15) is 11.5 Å². The lowest BCUT2D eigenvalue weighted by molar-refractivity contribution is 0.192. The summed E-state index contributed by atoms with van der Waals surface area (Å²) in [6.07, 6.45) is 0. The number of hydrogen-bond acceptors (Lipinski definition) is 4. The van der Waals surface area contributed by atoms with Gasteiger partial charge in [0, 0.05) is 47.4 Å². The molecule has 0 aliphatic carbocycles. The van der Waals surface area contributed by atoms with Gasteiger partial charge in [-0.05, 0) is 36.4 Å². The lowest BCUT2D eigenvalue weighted by atomic mass is 9.94. The molecule has 0 aromatic heterocycles. The number of methoxy groups -OCH3 is 2. The van der Waals surface area contributed by atoms with Gasteiger partial charge in [-0.25, -0.2) is 0 Å². The Morgan fingerprint density at radius 1 is 0.880 bits per heavy atom. The molecular formula is C19H22Cl2N2O2. The smallest absolute Gasteiger partial charge is 0.124 e. The molecule has 2 aromatic rings. The lowest BCUT2D eigenvalue weighted by Gasteiger charge is -2.36. The molecule has 1 N–H and O–H groups in total. The summed E-state index contributed by atoms with van der Waals surface area (Å²) in [5, 5.41) is 4.75. The molecule has 6 heteroatoms. The number of halogens is 2. The van der Waals surface area contributed by atoms with E-state index in [9.17, 15) is 0 Å². The van der Waals surface area contributed by atoms with Crippen LogP contribution in [0.1, 0.15) is 17.2 Å². The van der Waals surface area contributed by atoms with E-state index in [-0.39, 0.29) is 6.04 Å². The van der Waals surface area contributed by atoms with E-state index in [1.165, 1.54) is 0 Å². The predicted octanol–water partition coefficient (Wildman–Crippen LogP) is 4.01. The Bertz CT molecular complexity index is 680. The van der Waals surface area contributed by atoms with E-state index >= 15 is 0 Å². The minimum absolute atomic E-state index is 0.0515. The summed E-state index contributed by atoms with van der Waals surface area (Å²) >= 11 is 12.6. The van der Waals surface area contributed by atoms with Gasteiger partial charge in [0.05, 0.1) is 20.3 Å². The lowest BCUT2D eigenvalue weighted by Crippen LogP contribution is -2.45. The van der Waals surface area contributed by atoms with Crippen LogP contribution in [0.25, 0.3) is 0 Å². The van der Waals surface area contributed by atoms with Gasteiger partial charge in [0.25, 0.3) is 0 Å². The molecule has 1 saturated heterocycles. The summed E-state index contributed by atoms with van der Waals surface area (Å²) in [7, 11) is 3.35. The Morgan fingerprint density at radius 2 is 1.36 bits per heavy atom. The Morgan fingerprint density at radius 3 is 1.80 bits per heavy atom. The summed E-state index contributed by atoms with van der Waals surface area (Å²) in [6, 6.07) is 11.4. The maximum atomic E-state index is 6.31. The van der Waals surface area contributed by atoms with Gasteiger partial charge in [0.15, 0.2) is 0 Å². The molecule has 0 radical (unpaired) electrons. The largest absolute Gasteiger partial charge is 0.496 e. The first-order valence-electron chi connectivity index (χ1n) is 8.25. The first-order chi connectivity index (χ1) is 12.1. The fourth-order valence-electron chi connectivity index (χ4n) is 3.34. The highest BCUT2D eigenvalue weighted by Crippen LogP contribution is 2.41. The molecule has 4 nitrogen and oxygen atoms in total. The predicted molar refractivity (Wildman–Crippen MR) is 102 cm³/mol. The van der Waals surface area contributed by atoms with Crippen LogP contribution in [0.5, 0.6) is 11.5 Å². The third-order valence-corrected chi connectivity index (χ3v) is 4.96. The van der Waals surface area contributed by atoms with Crippen LogP contribution >= 0.6 is 23.2 Å². The van der Waals surface area contributed by atoms with Gasteiger partial charge in [-0.3, -0.25) is 4.90 Å². The molecular weight excluding hydrogens is 359 g/mol. The highest BCUT2D eigenvalue weighted by atomic mass is 35.5. The molecule has 0 bridgehead atoms. The maximum Gasteiger partial charge on any atom is 0.124 e. The Hall–Kier alpha value is -1.46. The van der Waals surface area contributed by atoms with Crippen LogP contribution in [0.3, 0.4) is 0 Å². The van der Waals surface area contributed by atoms with E-state index in [1.54, 1.807) is 14.2 Å². The molecule has 1 aliphatic rings. The minimum Gasteiger partial charge on any atom is -0.496 e. The second-order valence-electron chi connectivity index (χ2n) is 5.96. The summed E-state index contributed by atoms with van der Waals surface area (Å²) < 4.78 is 11.2. The normalized spacial score (nSPS) is 15.4. The number of rotatable bonds is 5. The number of nitrogens with one attached hydrogen (secondary N) is 1. The monoisotopic (exact) mass is 380 g/mol. The molecule has 1 fully saturated rings. The van der Waals surface area contributed by atoms with Crippen molar-refractivity contribution in [2.75, 3.05) is 40.4 Å². The van der Waals surface area contributed by atoms with E-state index in [0.717, 1.165) is 48.8 Å². The van der Waals surface area contributed by atoms with E-state index in [0.29, 0.717) is 10.0 Å². The molecule has 0 spiro atoms. The van der Waals surface area contributed by atoms with Gasteiger partial charge >= 0.3 is 0 Å². The Balaban J connectivity index is 2.17. The fraction of sp³-hybridized carbons (Fsp3) is 0.368. The summed E-state index contributed by atoms with van der Waals surface area (Å²) in [4.78, 5) is 2.40. The summed E-state index contributed by atoms with van der Waals surface area (Å²) in [5.41, 5.74) is 2.02. The minimum atomic E-state index is -0.0515. The quantitative estimate of drug-likeness (QED) is 0.849. The molecule has 2 aromatic carbocycles. The van der Waals surface area contributed by atoms with Gasteiger partial charge in [-0.2, -0.15) is 0 Å². The SMILES string of the molecule is COc1ccc(Cl)cc1C(c1cc(Cl)ccc1OC)N1CCNCC1. The molecule has 134 valence electrons. The van der Waals surface area contributed by atoms with Crippen molar-refractivity contribution in [1.82, 2.24) is 10.2 Å². The Kier molecular flexibility index (Phi) is 6.07. The topological polar surface area (TPSA) is 33.7 Å². The van der Waals surface area contributed by atoms with Crippen LogP contribution < -0.4 is 14.8 Å². The standard InChI is InChI=1S/C19H22Cl2N2O2/c1-24-17-5-3-13(20)11-15(17)19(23-9-7-22-8-10-23)16-12-14(21)4-6-18(16)25-2/h3-6,11-12,19,22H,7-10H2,1-2H3. The molecule has 3 rings (SSSR count). The van der Waals surface area contributed by atoms with Crippen molar-refractivity contribution in [2.45, 2.75) is 6.04 Å². The molecule has 25 heavy (non-hydrogen) atoms. The average Bonchev–Trinajstić information content (AvgIpc) is 2.63. The average molecular weight is 381 g/mol. The van der Waals surface area contributed by atoms with Crippen LogP contribution in [-0.2, 0) is 0 Å². The van der Waals surface area contributed by atoms with Crippen molar-refractivity contribution < 1.29 is 9.47 Å². The number of benzene rings is 2. The molecule has 0 saturated carbocycles. The maximum absolute atomic E-state index is 6.31. The van der Waals surface area contributed by atoms with Crippen molar-refractivity contribution >= 4 is 23.2 Å². The number of nitrogens with zero attached hydrogens (tertiary/aromatic N) is 1. The van der Waals surface area contributed by atoms with Crippen molar-refractivity contribution in [3.05, 3.63) is 57.6 Å². The van der Waals surface area contributed by atoms with Crippen LogP contribution in [0.15, 0.2) is 36.4 Å². The van der Waals surface area contributed by atoms with Crippen molar-refractivity contribution in [3.63, 3.8) is 0 Å². The molecule has 1 aliphatic heterocycles. The van der Waals surface area contributed by atoms with Gasteiger partial charge < -0.3 is 14.8 Å². The van der Waals surface area contributed by atoms with E-state index in [4.69, 9.17) is 32.7 Å². The second kappa shape index (κ2) is 8.28. The molecule has 0 amide bonds. The van der Waals surface area contributed by atoms with Crippen LogP contribution in [0.2, 0.25) is 10.0 Å². The zero-order valence-corrected chi connectivity index (χ0v) is 15.9. The van der Waals surface area contributed by atoms with Crippen molar-refractivity contribution in [3.8, 4) is 11.5 Å². The zero-order chi connectivity index (χ0) is 17.8. The number of ether oxygens (including phenoxy) is 2. The number of hydrogen-bond donors (Lipinski definition) is 1. The van der Waals surface area contributed by atoms with Crippen LogP contribution in [0, 0.1) is 0 Å². The number of piperazine rings is 1. The highest BCUT2D eigenvalue weighted by molar-refractivity contribution is 6.31. The molecule has 1 heterocycles. The fourth-order valence-corrected chi connectivity index (χ4v) is 3.70. The second-order valence-corrected chi connectivity index (χ2v) is 6.83. The van der Waals surface area contributed by atoms with E-state index in [1.807, 2.05) is 36.4 Å². The third kappa shape index (κ3) is 4.04. The molecule has 0 unspecified atom stereocenters. The first-order valence-corrected chi connectivity index (χ1v) is 9.01. The summed E-state index contributed by atoms with van der Waals surface area (Å²) in [6.45, 7) is 3.69. The van der Waals surface area contributed by atoms with Gasteiger partial charge in [-0.1, -0.05) is 23.2 Å². The highest BCUT2D eigenvalue weighted by Gasteiger charge is 2.29. The van der Waals surface area contributed by atoms with E-state index < -0.39 is 0 Å². The van der Waals surface area contributed by atoms with Crippen LogP contribution in [0.4, 0.5) is 0 Å². The van der Waals surface area contributed by atoms with Crippen molar-refractivity contribution in [2.24, 2.45) is 0 Å². The van der Waals surface area contributed by atoms with E-state index in [2.05, 4.69) is 10.2 Å². The van der Waals surface area contributed by atoms with Gasteiger partial charge in [-0.15, -0.1) is 0 Å². The first kappa shape index (κ1) is 18.3.